The second-order valence-corrected chi connectivity index (χ2v) is 3.18. The standard InChI is InChI=1S/C7H7N3O3/c11-7-9(4-1-2-4)6-5(10(7)12)8-3-13-6/h3-4,12H,1-2H2. The van der Waals surface area contributed by atoms with Gasteiger partial charge in [0, 0.05) is 6.04 Å². The van der Waals surface area contributed by atoms with Gasteiger partial charge in [0.05, 0.1) is 0 Å². The largest absolute Gasteiger partial charge is 0.425 e. The molecular weight excluding hydrogens is 174 g/mol. The molecule has 0 bridgehead atoms. The highest BCUT2D eigenvalue weighted by Crippen LogP contribution is 2.35. The second kappa shape index (κ2) is 1.95. The number of imidazole rings is 1. The molecule has 0 amide bonds. The van der Waals surface area contributed by atoms with Crippen LogP contribution in [0.1, 0.15) is 18.9 Å². The lowest BCUT2D eigenvalue weighted by Crippen LogP contribution is -2.22. The molecule has 1 aliphatic rings. The van der Waals surface area contributed by atoms with Gasteiger partial charge in [-0.15, -0.1) is 4.73 Å². The number of nitrogens with zero attached hydrogens (tertiary/aromatic N) is 3. The third-order valence-corrected chi connectivity index (χ3v) is 2.25. The van der Waals surface area contributed by atoms with Crippen LogP contribution in [0.25, 0.3) is 11.4 Å². The quantitative estimate of drug-likeness (QED) is 0.645. The van der Waals surface area contributed by atoms with Gasteiger partial charge in [0.15, 0.2) is 6.39 Å². The topological polar surface area (TPSA) is 73.2 Å². The number of rotatable bonds is 1. The fourth-order valence-corrected chi connectivity index (χ4v) is 1.48. The summed E-state index contributed by atoms with van der Waals surface area (Å²) in [5.74, 6) is 0. The van der Waals surface area contributed by atoms with Gasteiger partial charge < -0.3 is 9.62 Å². The molecule has 13 heavy (non-hydrogen) atoms. The minimum absolute atomic E-state index is 0.177. The molecule has 0 radical (unpaired) electrons. The molecule has 0 spiro atoms. The molecule has 1 saturated carbocycles. The summed E-state index contributed by atoms with van der Waals surface area (Å²) < 4.78 is 6.99. The van der Waals surface area contributed by atoms with Gasteiger partial charge >= 0.3 is 5.69 Å². The lowest BCUT2D eigenvalue weighted by atomic mass is 10.6. The number of oxazole rings is 1. The van der Waals surface area contributed by atoms with Crippen molar-refractivity contribution < 1.29 is 9.62 Å². The van der Waals surface area contributed by atoms with Gasteiger partial charge in [0.2, 0.25) is 5.65 Å². The van der Waals surface area contributed by atoms with Gasteiger partial charge in [0.1, 0.15) is 0 Å². The highest BCUT2D eigenvalue weighted by atomic mass is 16.5. The van der Waals surface area contributed by atoms with Gasteiger partial charge in [-0.2, -0.15) is 4.98 Å². The van der Waals surface area contributed by atoms with E-state index in [0.29, 0.717) is 10.4 Å². The summed E-state index contributed by atoms with van der Waals surface area (Å²) >= 11 is 0. The first-order valence-corrected chi connectivity index (χ1v) is 4.04. The summed E-state index contributed by atoms with van der Waals surface area (Å²) in [5, 5.41) is 9.31. The Morgan fingerprint density at radius 2 is 2.38 bits per heavy atom. The van der Waals surface area contributed by atoms with Crippen LogP contribution in [0.3, 0.4) is 0 Å². The Morgan fingerprint density at radius 1 is 1.62 bits per heavy atom. The number of fused-ring (bicyclic) bond motifs is 1. The summed E-state index contributed by atoms with van der Waals surface area (Å²) in [4.78, 5) is 15.1. The highest BCUT2D eigenvalue weighted by molar-refractivity contribution is 5.63. The molecule has 1 N–H and O–H groups in total. The van der Waals surface area contributed by atoms with Crippen molar-refractivity contribution in [3.8, 4) is 0 Å². The summed E-state index contributed by atoms with van der Waals surface area (Å²) in [6.45, 7) is 0. The van der Waals surface area contributed by atoms with Gasteiger partial charge in [-0.25, -0.2) is 4.79 Å². The van der Waals surface area contributed by atoms with Crippen LogP contribution >= 0.6 is 0 Å². The predicted molar refractivity (Wildman–Crippen MR) is 41.7 cm³/mol. The number of hydrogen-bond donors (Lipinski definition) is 1. The first kappa shape index (κ1) is 6.76. The summed E-state index contributed by atoms with van der Waals surface area (Å²) in [6, 6.07) is 0.177. The zero-order valence-electron chi connectivity index (χ0n) is 6.67. The Bertz CT molecular complexity index is 517. The summed E-state index contributed by atoms with van der Waals surface area (Å²) in [7, 11) is 0. The Morgan fingerprint density at radius 3 is 3.08 bits per heavy atom. The van der Waals surface area contributed by atoms with Crippen LogP contribution in [-0.2, 0) is 0 Å². The maximum atomic E-state index is 11.4. The van der Waals surface area contributed by atoms with E-state index in [0.717, 1.165) is 12.8 Å². The van der Waals surface area contributed by atoms with Crippen LogP contribution in [0.5, 0.6) is 0 Å². The molecule has 0 aromatic carbocycles. The molecule has 2 aromatic heterocycles. The van der Waals surface area contributed by atoms with E-state index in [1.54, 1.807) is 0 Å². The van der Waals surface area contributed by atoms with Crippen LogP contribution < -0.4 is 5.69 Å². The average Bonchev–Trinajstić information content (AvgIpc) is 2.77. The molecule has 3 rings (SSSR count). The maximum absolute atomic E-state index is 11.4. The van der Waals surface area contributed by atoms with Crippen molar-refractivity contribution in [1.82, 2.24) is 14.3 Å². The monoisotopic (exact) mass is 181 g/mol. The Labute approximate surface area is 72.0 Å². The van der Waals surface area contributed by atoms with E-state index in [-0.39, 0.29) is 11.7 Å². The van der Waals surface area contributed by atoms with Crippen LogP contribution in [0.2, 0.25) is 0 Å². The zero-order chi connectivity index (χ0) is 9.00. The molecule has 6 nitrogen and oxygen atoms in total. The molecule has 2 heterocycles. The predicted octanol–water partition coefficient (Wildman–Crippen LogP) is 0.363. The van der Waals surface area contributed by atoms with Crippen molar-refractivity contribution in [2.24, 2.45) is 0 Å². The number of hydrogen-bond acceptors (Lipinski definition) is 4. The summed E-state index contributed by atoms with van der Waals surface area (Å²) in [5.41, 5.74) is 0.0799. The minimum atomic E-state index is -0.468. The van der Waals surface area contributed by atoms with Crippen molar-refractivity contribution in [2.45, 2.75) is 18.9 Å². The van der Waals surface area contributed by atoms with Crippen molar-refractivity contribution in [3.05, 3.63) is 16.9 Å². The Hall–Kier alpha value is -1.72. The molecule has 6 heteroatoms. The van der Waals surface area contributed by atoms with E-state index < -0.39 is 5.69 Å². The van der Waals surface area contributed by atoms with Gasteiger partial charge in [-0.05, 0) is 12.8 Å². The van der Waals surface area contributed by atoms with Gasteiger partial charge in [0.25, 0.3) is 5.71 Å². The molecule has 2 aromatic rings. The highest BCUT2D eigenvalue weighted by Gasteiger charge is 2.30. The SMILES string of the molecule is O=c1n(O)c2ncoc2n1C1CC1. The Kier molecular flexibility index (Phi) is 1.02. The molecule has 1 fully saturated rings. The van der Waals surface area contributed by atoms with Crippen molar-refractivity contribution in [3.63, 3.8) is 0 Å². The maximum Gasteiger partial charge on any atom is 0.366 e. The molecule has 0 atom stereocenters. The third-order valence-electron chi connectivity index (χ3n) is 2.25. The lowest BCUT2D eigenvalue weighted by Gasteiger charge is -1.93. The fourth-order valence-electron chi connectivity index (χ4n) is 1.48. The minimum Gasteiger partial charge on any atom is -0.425 e. The molecule has 68 valence electrons. The van der Waals surface area contributed by atoms with Crippen molar-refractivity contribution in [1.29, 1.82) is 0 Å². The first-order chi connectivity index (χ1) is 6.29. The van der Waals surface area contributed by atoms with Crippen LogP contribution in [-0.4, -0.2) is 19.5 Å². The van der Waals surface area contributed by atoms with Crippen molar-refractivity contribution in [2.75, 3.05) is 0 Å². The van der Waals surface area contributed by atoms with Crippen molar-refractivity contribution >= 4 is 11.4 Å². The molecule has 1 aliphatic carbocycles. The van der Waals surface area contributed by atoms with E-state index in [9.17, 15) is 10.0 Å². The first-order valence-electron chi connectivity index (χ1n) is 4.04. The van der Waals surface area contributed by atoms with Crippen LogP contribution in [0.4, 0.5) is 0 Å². The van der Waals surface area contributed by atoms with Crippen LogP contribution in [0, 0.1) is 0 Å². The van der Waals surface area contributed by atoms with E-state index >= 15 is 0 Å². The van der Waals surface area contributed by atoms with Gasteiger partial charge in [-0.3, -0.25) is 4.57 Å². The molecular formula is C7H7N3O3. The molecule has 0 aliphatic heterocycles. The zero-order valence-corrected chi connectivity index (χ0v) is 6.67. The molecule has 0 saturated heterocycles. The lowest BCUT2D eigenvalue weighted by molar-refractivity contribution is 0.182. The number of aromatic nitrogens is 3. The fraction of sp³-hybridized carbons (Fsp3) is 0.429. The van der Waals surface area contributed by atoms with E-state index in [1.165, 1.54) is 11.0 Å². The van der Waals surface area contributed by atoms with E-state index in [2.05, 4.69) is 4.98 Å². The Balaban J connectivity index is 2.46. The van der Waals surface area contributed by atoms with E-state index in [4.69, 9.17) is 4.42 Å². The average molecular weight is 181 g/mol. The third kappa shape index (κ3) is 0.720. The molecule has 0 unspecified atom stereocenters. The van der Waals surface area contributed by atoms with Gasteiger partial charge in [-0.1, -0.05) is 0 Å². The summed E-state index contributed by atoms with van der Waals surface area (Å²) in [6.07, 6.45) is 3.13. The van der Waals surface area contributed by atoms with Crippen LogP contribution in [0.15, 0.2) is 15.6 Å². The van der Waals surface area contributed by atoms with E-state index in [1.807, 2.05) is 0 Å². The normalized spacial score (nSPS) is 16.9. The smallest absolute Gasteiger partial charge is 0.366 e. The second-order valence-electron chi connectivity index (χ2n) is 3.18.